The molecule has 1 saturated heterocycles. The van der Waals surface area contributed by atoms with Gasteiger partial charge in [0.1, 0.15) is 6.10 Å². The molecule has 1 aliphatic rings. The number of carbonyl (C=O) groups excluding carboxylic acids is 3. The molecule has 1 aliphatic heterocycles. The van der Waals surface area contributed by atoms with Crippen LogP contribution in [0.1, 0.15) is 43.0 Å². The third-order valence-corrected chi connectivity index (χ3v) is 5.30. The molecule has 164 valence electrons. The fourth-order valence-corrected chi connectivity index (χ4v) is 3.51. The first-order chi connectivity index (χ1) is 15.0. The summed E-state index contributed by atoms with van der Waals surface area (Å²) in [6.07, 6.45) is 0.664. The first-order valence-electron chi connectivity index (χ1n) is 10.6. The van der Waals surface area contributed by atoms with Gasteiger partial charge >= 0.3 is 11.8 Å². The van der Waals surface area contributed by atoms with Crippen molar-refractivity contribution in [3.8, 4) is 0 Å². The number of nitrogens with one attached hydrogen (secondary N) is 2. The summed E-state index contributed by atoms with van der Waals surface area (Å²) < 4.78 is 5.80. The lowest BCUT2D eigenvalue weighted by Gasteiger charge is -2.33. The van der Waals surface area contributed by atoms with Crippen molar-refractivity contribution in [3.05, 3.63) is 71.8 Å². The molecule has 2 atom stereocenters. The van der Waals surface area contributed by atoms with E-state index in [9.17, 15) is 14.4 Å². The van der Waals surface area contributed by atoms with Crippen LogP contribution >= 0.6 is 0 Å². The van der Waals surface area contributed by atoms with Gasteiger partial charge in [0.2, 0.25) is 5.91 Å². The highest BCUT2D eigenvalue weighted by Gasteiger charge is 2.25. The highest BCUT2D eigenvalue weighted by molar-refractivity contribution is 6.35. The molecule has 31 heavy (non-hydrogen) atoms. The van der Waals surface area contributed by atoms with Gasteiger partial charge in [0.05, 0.1) is 19.2 Å². The van der Waals surface area contributed by atoms with Crippen LogP contribution in [0.2, 0.25) is 0 Å². The molecule has 3 amide bonds. The summed E-state index contributed by atoms with van der Waals surface area (Å²) in [6.45, 7) is 3.68. The van der Waals surface area contributed by atoms with Crippen LogP contribution in [0.5, 0.6) is 0 Å². The standard InChI is InChI=1S/C24H29N3O4/c1-18(19-9-4-2-5-10-19)26-24(30)23(29)25-14-8-13-22(28)27-15-16-31-21(17-27)20-11-6-3-7-12-20/h2-7,9-12,18,21H,8,13-17H2,1H3,(H,25,29)(H,26,30). The van der Waals surface area contributed by atoms with Gasteiger partial charge in [-0.25, -0.2) is 0 Å². The summed E-state index contributed by atoms with van der Waals surface area (Å²) in [5.41, 5.74) is 1.98. The van der Waals surface area contributed by atoms with Gasteiger partial charge in [-0.15, -0.1) is 0 Å². The average Bonchev–Trinajstić information content (AvgIpc) is 2.82. The number of hydrogen-bond acceptors (Lipinski definition) is 4. The summed E-state index contributed by atoms with van der Waals surface area (Å²) in [6, 6.07) is 19.0. The van der Waals surface area contributed by atoms with Crippen LogP contribution in [0, 0.1) is 0 Å². The minimum absolute atomic E-state index is 0.0284. The SMILES string of the molecule is CC(NC(=O)C(=O)NCCCC(=O)N1CCOC(c2ccccc2)C1)c1ccccc1. The number of hydrogen-bond donors (Lipinski definition) is 2. The predicted octanol–water partition coefficient (Wildman–Crippen LogP) is 2.36. The van der Waals surface area contributed by atoms with Gasteiger partial charge in [0.25, 0.3) is 0 Å². The Bertz CT molecular complexity index is 873. The molecule has 2 N–H and O–H groups in total. The molecule has 1 fully saturated rings. The number of carbonyl (C=O) groups is 3. The van der Waals surface area contributed by atoms with Crippen molar-refractivity contribution in [2.24, 2.45) is 0 Å². The van der Waals surface area contributed by atoms with E-state index in [1.54, 1.807) is 4.90 Å². The second-order valence-electron chi connectivity index (χ2n) is 7.58. The second kappa shape index (κ2) is 11.3. The lowest BCUT2D eigenvalue weighted by atomic mass is 10.1. The third kappa shape index (κ3) is 6.65. The summed E-state index contributed by atoms with van der Waals surface area (Å²) in [4.78, 5) is 38.4. The molecule has 7 nitrogen and oxygen atoms in total. The van der Waals surface area contributed by atoms with Crippen molar-refractivity contribution in [1.29, 1.82) is 0 Å². The molecule has 0 aliphatic carbocycles. The molecule has 0 spiro atoms. The Morgan fingerprint density at radius 2 is 1.71 bits per heavy atom. The Labute approximate surface area is 182 Å². The fourth-order valence-electron chi connectivity index (χ4n) is 3.51. The normalized spacial score (nSPS) is 16.9. The van der Waals surface area contributed by atoms with E-state index in [4.69, 9.17) is 4.74 Å². The zero-order valence-electron chi connectivity index (χ0n) is 17.8. The summed E-state index contributed by atoms with van der Waals surface area (Å²) in [5, 5.41) is 5.26. The molecule has 2 aromatic carbocycles. The highest BCUT2D eigenvalue weighted by Crippen LogP contribution is 2.22. The molecule has 0 aromatic heterocycles. The molecule has 2 aromatic rings. The summed E-state index contributed by atoms with van der Waals surface area (Å²) in [5.74, 6) is -1.34. The van der Waals surface area contributed by atoms with Gasteiger partial charge in [-0.3, -0.25) is 14.4 Å². The van der Waals surface area contributed by atoms with Gasteiger partial charge in [0, 0.05) is 19.5 Å². The fraction of sp³-hybridized carbons (Fsp3) is 0.375. The van der Waals surface area contributed by atoms with Crippen LogP contribution < -0.4 is 10.6 Å². The van der Waals surface area contributed by atoms with Crippen molar-refractivity contribution < 1.29 is 19.1 Å². The van der Waals surface area contributed by atoms with Crippen molar-refractivity contribution in [2.75, 3.05) is 26.2 Å². The zero-order valence-corrected chi connectivity index (χ0v) is 17.8. The minimum Gasteiger partial charge on any atom is -0.370 e. The average molecular weight is 424 g/mol. The lowest BCUT2D eigenvalue weighted by molar-refractivity contribution is -0.140. The van der Waals surface area contributed by atoms with Crippen molar-refractivity contribution >= 4 is 17.7 Å². The zero-order chi connectivity index (χ0) is 22.1. The largest absolute Gasteiger partial charge is 0.370 e. The molecular formula is C24H29N3O4. The number of amides is 3. The topological polar surface area (TPSA) is 87.7 Å². The van der Waals surface area contributed by atoms with Crippen molar-refractivity contribution in [3.63, 3.8) is 0 Å². The number of nitrogens with zero attached hydrogens (tertiary/aromatic N) is 1. The van der Waals surface area contributed by atoms with E-state index < -0.39 is 11.8 Å². The van der Waals surface area contributed by atoms with E-state index in [0.717, 1.165) is 11.1 Å². The Morgan fingerprint density at radius 3 is 2.42 bits per heavy atom. The summed E-state index contributed by atoms with van der Waals surface area (Å²) in [7, 11) is 0. The van der Waals surface area contributed by atoms with Gasteiger partial charge in [-0.05, 0) is 24.5 Å². The molecule has 3 rings (SSSR count). The number of ether oxygens (including phenoxy) is 1. The smallest absolute Gasteiger partial charge is 0.309 e. The Hall–Kier alpha value is -3.19. The Morgan fingerprint density at radius 1 is 1.03 bits per heavy atom. The third-order valence-electron chi connectivity index (χ3n) is 5.30. The van der Waals surface area contributed by atoms with Gasteiger partial charge in [0.15, 0.2) is 0 Å². The molecule has 0 radical (unpaired) electrons. The van der Waals surface area contributed by atoms with Crippen LogP contribution in [0.25, 0.3) is 0 Å². The van der Waals surface area contributed by atoms with Crippen LogP contribution in [-0.2, 0) is 19.1 Å². The molecular weight excluding hydrogens is 394 g/mol. The van der Waals surface area contributed by atoms with Crippen LogP contribution in [0.3, 0.4) is 0 Å². The molecule has 7 heteroatoms. The van der Waals surface area contributed by atoms with Gasteiger partial charge in [-0.1, -0.05) is 60.7 Å². The van der Waals surface area contributed by atoms with Gasteiger partial charge < -0.3 is 20.3 Å². The summed E-state index contributed by atoms with van der Waals surface area (Å²) >= 11 is 0. The highest BCUT2D eigenvalue weighted by atomic mass is 16.5. The van der Waals surface area contributed by atoms with E-state index in [2.05, 4.69) is 10.6 Å². The lowest BCUT2D eigenvalue weighted by Crippen LogP contribution is -2.43. The molecule has 0 saturated carbocycles. The van der Waals surface area contributed by atoms with E-state index in [0.29, 0.717) is 32.5 Å². The number of rotatable bonds is 7. The monoisotopic (exact) mass is 423 g/mol. The quantitative estimate of drug-likeness (QED) is 0.529. The van der Waals surface area contributed by atoms with Crippen LogP contribution in [0.4, 0.5) is 0 Å². The van der Waals surface area contributed by atoms with Crippen LogP contribution in [0.15, 0.2) is 60.7 Å². The second-order valence-corrected chi connectivity index (χ2v) is 7.58. The number of morpholine rings is 1. The van der Waals surface area contributed by atoms with Crippen LogP contribution in [-0.4, -0.2) is 48.9 Å². The van der Waals surface area contributed by atoms with Crippen molar-refractivity contribution in [1.82, 2.24) is 15.5 Å². The number of benzene rings is 2. The van der Waals surface area contributed by atoms with E-state index >= 15 is 0 Å². The Balaban J connectivity index is 1.36. The van der Waals surface area contributed by atoms with E-state index in [1.807, 2.05) is 67.6 Å². The molecule has 1 heterocycles. The van der Waals surface area contributed by atoms with E-state index in [1.165, 1.54) is 0 Å². The molecule has 0 bridgehead atoms. The van der Waals surface area contributed by atoms with Crippen molar-refractivity contribution in [2.45, 2.75) is 31.9 Å². The minimum atomic E-state index is -0.689. The predicted molar refractivity (Wildman–Crippen MR) is 117 cm³/mol. The Kier molecular flexibility index (Phi) is 8.18. The molecule has 2 unspecified atom stereocenters. The maximum atomic E-state index is 12.5. The van der Waals surface area contributed by atoms with E-state index in [-0.39, 0.29) is 24.6 Å². The van der Waals surface area contributed by atoms with Gasteiger partial charge in [-0.2, -0.15) is 0 Å². The first kappa shape index (κ1) is 22.5. The maximum Gasteiger partial charge on any atom is 0.309 e. The first-order valence-corrected chi connectivity index (χ1v) is 10.6. The maximum absolute atomic E-state index is 12.5.